The third kappa shape index (κ3) is 2.40. The molecule has 4 aliphatic heterocycles. The highest BCUT2D eigenvalue weighted by atomic mass is 16.6. The van der Waals surface area contributed by atoms with Crippen LogP contribution in [0.15, 0.2) is 12.2 Å². The molecule has 4 aliphatic rings. The second-order valence-electron chi connectivity index (χ2n) is 7.96. The molecule has 7 heteroatoms. The smallest absolute Gasteiger partial charge is 0.333 e. The molecular formula is C19H25NO6. The van der Waals surface area contributed by atoms with Crippen LogP contribution in [-0.2, 0) is 28.6 Å². The third-order valence-corrected chi connectivity index (χ3v) is 6.47. The highest BCUT2D eigenvalue weighted by Crippen LogP contribution is 2.49. The number of ether oxygens (including phenoxy) is 3. The quantitative estimate of drug-likeness (QED) is 0.544. The molecular weight excluding hydrogens is 338 g/mol. The van der Waals surface area contributed by atoms with Crippen molar-refractivity contribution in [1.82, 2.24) is 4.90 Å². The molecule has 1 unspecified atom stereocenters. The van der Waals surface area contributed by atoms with Crippen molar-refractivity contribution in [1.29, 1.82) is 0 Å². The average molecular weight is 363 g/mol. The van der Waals surface area contributed by atoms with Crippen LogP contribution < -0.4 is 0 Å². The van der Waals surface area contributed by atoms with Gasteiger partial charge in [0, 0.05) is 31.9 Å². The number of hydrogen-bond donors (Lipinski definition) is 0. The Hall–Kier alpha value is -1.89. The van der Waals surface area contributed by atoms with E-state index in [9.17, 15) is 14.4 Å². The summed E-state index contributed by atoms with van der Waals surface area (Å²) in [6.07, 6.45) is 2.58. The second-order valence-corrected chi connectivity index (χ2v) is 7.96. The van der Waals surface area contributed by atoms with Gasteiger partial charge in [-0.15, -0.1) is 0 Å². The number of hydrogen-bond acceptors (Lipinski definition) is 6. The molecule has 0 aromatic heterocycles. The van der Waals surface area contributed by atoms with Gasteiger partial charge in [-0.3, -0.25) is 9.59 Å². The predicted octanol–water partition coefficient (Wildman–Crippen LogP) is 1.35. The van der Waals surface area contributed by atoms with Crippen molar-refractivity contribution in [2.75, 3.05) is 7.11 Å². The Morgan fingerprint density at radius 1 is 1.23 bits per heavy atom. The number of amides is 1. The molecule has 6 atom stereocenters. The first-order valence-corrected chi connectivity index (χ1v) is 9.33. The van der Waals surface area contributed by atoms with Crippen molar-refractivity contribution >= 4 is 17.8 Å². The number of esters is 2. The first-order chi connectivity index (χ1) is 12.4. The normalized spacial score (nSPS) is 42.8. The Labute approximate surface area is 152 Å². The fourth-order valence-electron chi connectivity index (χ4n) is 5.30. The van der Waals surface area contributed by atoms with Crippen LogP contribution in [0.5, 0.6) is 0 Å². The van der Waals surface area contributed by atoms with E-state index in [1.54, 1.807) is 7.11 Å². The van der Waals surface area contributed by atoms with Gasteiger partial charge in [0.1, 0.15) is 6.10 Å². The number of carbonyl (C=O) groups is 3. The molecule has 0 aliphatic carbocycles. The van der Waals surface area contributed by atoms with Gasteiger partial charge in [0.05, 0.1) is 24.1 Å². The lowest BCUT2D eigenvalue weighted by Crippen LogP contribution is -2.58. The lowest BCUT2D eigenvalue weighted by atomic mass is 9.81. The molecule has 0 bridgehead atoms. The second kappa shape index (κ2) is 6.08. The third-order valence-electron chi connectivity index (χ3n) is 6.47. The summed E-state index contributed by atoms with van der Waals surface area (Å²) in [6.45, 7) is 5.60. The van der Waals surface area contributed by atoms with E-state index in [0.717, 1.165) is 0 Å². The maximum Gasteiger partial charge on any atom is 0.333 e. The highest BCUT2D eigenvalue weighted by molar-refractivity contribution is 5.90. The van der Waals surface area contributed by atoms with Crippen LogP contribution in [0, 0.1) is 5.92 Å². The van der Waals surface area contributed by atoms with Gasteiger partial charge in [-0.25, -0.2) is 4.79 Å². The summed E-state index contributed by atoms with van der Waals surface area (Å²) in [4.78, 5) is 38.8. The molecule has 4 saturated heterocycles. The number of methoxy groups -OCH3 is 1. The molecule has 142 valence electrons. The highest BCUT2D eigenvalue weighted by Gasteiger charge is 2.62. The van der Waals surface area contributed by atoms with Gasteiger partial charge >= 0.3 is 11.9 Å². The van der Waals surface area contributed by atoms with E-state index < -0.39 is 5.60 Å². The van der Waals surface area contributed by atoms with Gasteiger partial charge in [0.2, 0.25) is 5.91 Å². The summed E-state index contributed by atoms with van der Waals surface area (Å²) in [5, 5.41) is 0. The predicted molar refractivity (Wildman–Crippen MR) is 89.9 cm³/mol. The van der Waals surface area contributed by atoms with Crippen LogP contribution in [0.2, 0.25) is 0 Å². The van der Waals surface area contributed by atoms with Gasteiger partial charge in [0.25, 0.3) is 0 Å². The Morgan fingerprint density at radius 2 is 2.00 bits per heavy atom. The monoisotopic (exact) mass is 363 g/mol. The van der Waals surface area contributed by atoms with Crippen LogP contribution in [0.1, 0.15) is 45.4 Å². The molecule has 0 radical (unpaired) electrons. The maximum absolute atomic E-state index is 13.0. The fraction of sp³-hybridized carbons (Fsp3) is 0.737. The Bertz CT molecular complexity index is 659. The molecule has 4 heterocycles. The molecule has 0 N–H and O–H groups in total. The van der Waals surface area contributed by atoms with Gasteiger partial charge in [-0.05, 0) is 19.3 Å². The summed E-state index contributed by atoms with van der Waals surface area (Å²) in [7, 11) is 1.61. The minimum absolute atomic E-state index is 0.0144. The first-order valence-electron chi connectivity index (χ1n) is 9.33. The summed E-state index contributed by atoms with van der Waals surface area (Å²) >= 11 is 0. The summed E-state index contributed by atoms with van der Waals surface area (Å²) in [6, 6.07) is -0.438. The standard InChI is InChI=1S/C19H25NO6/c1-10-8-13(25-17(10)22)12-4-5-14-19(9-11(2)18(23)26-19)15(24-3)6-7-16(21)20(12)14/h11-15H,1,4-9H2,2-3H3/t11?,12-,13-,14-,15+,19-/m0/s1. The van der Waals surface area contributed by atoms with Gasteiger partial charge in [0.15, 0.2) is 5.60 Å². The van der Waals surface area contributed by atoms with E-state index in [1.807, 2.05) is 11.8 Å². The summed E-state index contributed by atoms with van der Waals surface area (Å²) in [5.41, 5.74) is -0.364. The van der Waals surface area contributed by atoms with Crippen molar-refractivity contribution in [2.24, 2.45) is 5.92 Å². The van der Waals surface area contributed by atoms with E-state index >= 15 is 0 Å². The molecule has 0 saturated carbocycles. The van der Waals surface area contributed by atoms with Crippen molar-refractivity contribution < 1.29 is 28.6 Å². The molecule has 4 rings (SSSR count). The first kappa shape index (κ1) is 17.5. The zero-order valence-corrected chi connectivity index (χ0v) is 15.2. The van der Waals surface area contributed by atoms with Crippen molar-refractivity contribution in [3.63, 3.8) is 0 Å². The summed E-state index contributed by atoms with van der Waals surface area (Å²) in [5.74, 6) is -0.817. The number of nitrogens with zero attached hydrogens (tertiary/aromatic N) is 1. The molecule has 7 nitrogen and oxygen atoms in total. The molecule has 1 spiro atoms. The van der Waals surface area contributed by atoms with E-state index in [-0.39, 0.29) is 48.1 Å². The van der Waals surface area contributed by atoms with Crippen LogP contribution in [0.4, 0.5) is 0 Å². The largest absolute Gasteiger partial charge is 0.456 e. The minimum atomic E-state index is -0.814. The SMILES string of the molecule is C=C1C[C@@H]([C@@H]2CC[C@@H]3N2C(=O)CC[C@@H](OC)[C@]32CC(C)C(=O)O2)OC1=O. The van der Waals surface area contributed by atoms with E-state index in [4.69, 9.17) is 14.2 Å². The number of rotatable bonds is 2. The minimum Gasteiger partial charge on any atom is -0.456 e. The molecule has 0 aromatic carbocycles. The van der Waals surface area contributed by atoms with Gasteiger partial charge < -0.3 is 19.1 Å². The lowest BCUT2D eigenvalue weighted by Gasteiger charge is -2.42. The number of cyclic esters (lactones) is 1. The van der Waals surface area contributed by atoms with Gasteiger partial charge in [-0.1, -0.05) is 13.5 Å². The zero-order valence-electron chi connectivity index (χ0n) is 15.2. The molecule has 26 heavy (non-hydrogen) atoms. The molecule has 0 aromatic rings. The van der Waals surface area contributed by atoms with Crippen molar-refractivity contribution in [3.8, 4) is 0 Å². The maximum atomic E-state index is 13.0. The van der Waals surface area contributed by atoms with Crippen LogP contribution in [-0.4, -0.2) is 59.7 Å². The Morgan fingerprint density at radius 3 is 2.58 bits per heavy atom. The number of carbonyl (C=O) groups excluding carboxylic acids is 3. The lowest BCUT2D eigenvalue weighted by molar-refractivity contribution is -0.174. The van der Waals surface area contributed by atoms with Crippen LogP contribution in [0.25, 0.3) is 0 Å². The van der Waals surface area contributed by atoms with Crippen LogP contribution in [0.3, 0.4) is 0 Å². The molecule has 4 fully saturated rings. The average Bonchev–Trinajstić information content (AvgIpc) is 3.24. The molecule has 1 amide bonds. The Kier molecular flexibility index (Phi) is 4.10. The van der Waals surface area contributed by atoms with Crippen LogP contribution >= 0.6 is 0 Å². The summed E-state index contributed by atoms with van der Waals surface area (Å²) < 4.78 is 17.1. The van der Waals surface area contributed by atoms with Crippen molar-refractivity contribution in [3.05, 3.63) is 12.2 Å². The Balaban J connectivity index is 1.69. The fourth-order valence-corrected chi connectivity index (χ4v) is 5.30. The van der Waals surface area contributed by atoms with E-state index in [1.165, 1.54) is 0 Å². The van der Waals surface area contributed by atoms with Crippen molar-refractivity contribution in [2.45, 2.75) is 75.3 Å². The van der Waals surface area contributed by atoms with E-state index in [0.29, 0.717) is 44.1 Å². The van der Waals surface area contributed by atoms with Gasteiger partial charge in [-0.2, -0.15) is 0 Å². The topological polar surface area (TPSA) is 82.1 Å². The zero-order chi connectivity index (χ0) is 18.6. The van der Waals surface area contributed by atoms with E-state index in [2.05, 4.69) is 6.58 Å². The number of fused-ring (bicyclic) bond motifs is 2.